The number of amides is 2. The Labute approximate surface area is 123 Å². The summed E-state index contributed by atoms with van der Waals surface area (Å²) in [7, 11) is 0. The van der Waals surface area contributed by atoms with Crippen LogP contribution in [0, 0.1) is 0 Å². The van der Waals surface area contributed by atoms with Crippen LogP contribution in [-0.4, -0.2) is 22.5 Å². The van der Waals surface area contributed by atoms with E-state index in [2.05, 4.69) is 32.7 Å². The zero-order valence-corrected chi connectivity index (χ0v) is 11.7. The number of rotatable bonds is 6. The lowest BCUT2D eigenvalue weighted by Gasteiger charge is -2.08. The summed E-state index contributed by atoms with van der Waals surface area (Å²) in [4.78, 5) is 19.6. The zero-order valence-electron chi connectivity index (χ0n) is 11.7. The standard InChI is InChI=1S/C15H19N5O/c16-14-13(17-9-10-18-14)11-20-15(21)19-8-4-7-12-5-2-1-3-6-12/h1-3,5-6,9-10H,4,7-8,11H2,(H2,16,18)(H2,19,20,21). The van der Waals surface area contributed by atoms with E-state index < -0.39 is 0 Å². The molecule has 6 nitrogen and oxygen atoms in total. The molecule has 0 aliphatic heterocycles. The molecule has 0 aliphatic rings. The minimum Gasteiger partial charge on any atom is -0.382 e. The molecule has 1 aromatic carbocycles. The second-order valence-corrected chi connectivity index (χ2v) is 4.59. The molecule has 0 unspecified atom stereocenters. The van der Waals surface area contributed by atoms with E-state index in [0.717, 1.165) is 12.8 Å². The number of nitrogens with one attached hydrogen (secondary N) is 2. The fourth-order valence-electron chi connectivity index (χ4n) is 1.88. The van der Waals surface area contributed by atoms with Crippen LogP contribution in [0.3, 0.4) is 0 Å². The van der Waals surface area contributed by atoms with Crippen LogP contribution < -0.4 is 16.4 Å². The highest BCUT2D eigenvalue weighted by Gasteiger charge is 2.04. The van der Waals surface area contributed by atoms with Crippen LogP contribution >= 0.6 is 0 Å². The number of hydrogen-bond acceptors (Lipinski definition) is 4. The molecule has 0 bridgehead atoms. The molecule has 2 aromatic rings. The topological polar surface area (TPSA) is 92.9 Å². The first-order valence-electron chi connectivity index (χ1n) is 6.86. The highest BCUT2D eigenvalue weighted by atomic mass is 16.2. The van der Waals surface area contributed by atoms with Gasteiger partial charge < -0.3 is 16.4 Å². The Morgan fingerprint density at radius 3 is 2.62 bits per heavy atom. The molecule has 0 fully saturated rings. The van der Waals surface area contributed by atoms with E-state index >= 15 is 0 Å². The molecule has 2 amide bonds. The average molecular weight is 285 g/mol. The Bertz CT molecular complexity index is 573. The van der Waals surface area contributed by atoms with E-state index in [1.807, 2.05) is 18.2 Å². The lowest BCUT2D eigenvalue weighted by atomic mass is 10.1. The molecule has 2 rings (SSSR count). The predicted octanol–water partition coefficient (Wildman–Crippen LogP) is 1.49. The van der Waals surface area contributed by atoms with Crippen LogP contribution in [0.1, 0.15) is 17.7 Å². The largest absolute Gasteiger partial charge is 0.382 e. The number of nitrogens with two attached hydrogens (primary N) is 1. The lowest BCUT2D eigenvalue weighted by Crippen LogP contribution is -2.36. The van der Waals surface area contributed by atoms with E-state index in [1.54, 1.807) is 6.20 Å². The summed E-state index contributed by atoms with van der Waals surface area (Å²) in [6, 6.07) is 9.95. The monoisotopic (exact) mass is 285 g/mol. The first-order chi connectivity index (χ1) is 10.3. The molecule has 0 aliphatic carbocycles. The molecule has 1 heterocycles. The van der Waals surface area contributed by atoms with Gasteiger partial charge in [0.2, 0.25) is 0 Å². The molecule has 0 atom stereocenters. The Hall–Kier alpha value is -2.63. The summed E-state index contributed by atoms with van der Waals surface area (Å²) in [6.07, 6.45) is 4.90. The van der Waals surface area contributed by atoms with Crippen LogP contribution in [0.15, 0.2) is 42.7 Å². The lowest BCUT2D eigenvalue weighted by molar-refractivity contribution is 0.240. The van der Waals surface area contributed by atoms with Gasteiger partial charge in [-0.25, -0.2) is 9.78 Å². The first kappa shape index (κ1) is 14.8. The molecule has 4 N–H and O–H groups in total. The van der Waals surface area contributed by atoms with Gasteiger partial charge in [0.15, 0.2) is 0 Å². The third-order valence-corrected chi connectivity index (χ3v) is 2.99. The van der Waals surface area contributed by atoms with Crippen molar-refractivity contribution in [1.29, 1.82) is 0 Å². The fraction of sp³-hybridized carbons (Fsp3) is 0.267. The van der Waals surface area contributed by atoms with E-state index in [-0.39, 0.29) is 12.6 Å². The van der Waals surface area contributed by atoms with Gasteiger partial charge in [-0.1, -0.05) is 30.3 Å². The Balaban J connectivity index is 1.63. The van der Waals surface area contributed by atoms with Crippen molar-refractivity contribution in [2.24, 2.45) is 0 Å². The minimum absolute atomic E-state index is 0.229. The van der Waals surface area contributed by atoms with Gasteiger partial charge in [-0.15, -0.1) is 0 Å². The van der Waals surface area contributed by atoms with Crippen molar-refractivity contribution in [1.82, 2.24) is 20.6 Å². The molecule has 21 heavy (non-hydrogen) atoms. The number of benzene rings is 1. The number of carbonyl (C=O) groups excluding carboxylic acids is 1. The third-order valence-electron chi connectivity index (χ3n) is 2.99. The second-order valence-electron chi connectivity index (χ2n) is 4.59. The number of urea groups is 1. The van der Waals surface area contributed by atoms with Gasteiger partial charge in [0.1, 0.15) is 11.5 Å². The number of carbonyl (C=O) groups is 1. The van der Waals surface area contributed by atoms with Crippen LogP contribution in [-0.2, 0) is 13.0 Å². The number of aryl methyl sites for hydroxylation is 1. The Morgan fingerprint density at radius 2 is 1.86 bits per heavy atom. The van der Waals surface area contributed by atoms with Crippen molar-refractivity contribution in [3.05, 3.63) is 54.0 Å². The summed E-state index contributed by atoms with van der Waals surface area (Å²) in [5, 5.41) is 5.51. The van der Waals surface area contributed by atoms with Crippen LogP contribution in [0.4, 0.5) is 10.6 Å². The minimum atomic E-state index is -0.229. The highest BCUT2D eigenvalue weighted by molar-refractivity contribution is 5.73. The molecule has 0 saturated carbocycles. The van der Waals surface area contributed by atoms with Crippen molar-refractivity contribution in [3.8, 4) is 0 Å². The maximum Gasteiger partial charge on any atom is 0.315 e. The summed E-state index contributed by atoms with van der Waals surface area (Å²) in [5.41, 5.74) is 7.48. The maximum absolute atomic E-state index is 11.6. The van der Waals surface area contributed by atoms with E-state index in [9.17, 15) is 4.79 Å². The molecule has 6 heteroatoms. The number of aromatic nitrogens is 2. The normalized spacial score (nSPS) is 10.1. The SMILES string of the molecule is Nc1nccnc1CNC(=O)NCCCc1ccccc1. The Kier molecular flexibility index (Phi) is 5.51. The number of hydrogen-bond donors (Lipinski definition) is 3. The van der Waals surface area contributed by atoms with Crippen molar-refractivity contribution in [3.63, 3.8) is 0 Å². The number of nitrogen functional groups attached to an aromatic ring is 1. The molecule has 110 valence electrons. The van der Waals surface area contributed by atoms with E-state index in [4.69, 9.17) is 5.73 Å². The van der Waals surface area contributed by atoms with Crippen LogP contribution in [0.25, 0.3) is 0 Å². The quantitative estimate of drug-likeness (QED) is 0.701. The molecule has 0 saturated heterocycles. The zero-order chi connectivity index (χ0) is 14.9. The van der Waals surface area contributed by atoms with Crippen molar-refractivity contribution >= 4 is 11.8 Å². The van der Waals surface area contributed by atoms with Gasteiger partial charge in [0.25, 0.3) is 0 Å². The third kappa shape index (κ3) is 5.10. The predicted molar refractivity (Wildman–Crippen MR) is 81.4 cm³/mol. The second kappa shape index (κ2) is 7.84. The van der Waals surface area contributed by atoms with Gasteiger partial charge >= 0.3 is 6.03 Å². The number of anilines is 1. The first-order valence-corrected chi connectivity index (χ1v) is 6.86. The smallest absolute Gasteiger partial charge is 0.315 e. The van der Waals surface area contributed by atoms with Crippen LogP contribution in [0.5, 0.6) is 0 Å². The van der Waals surface area contributed by atoms with Crippen molar-refractivity contribution in [2.45, 2.75) is 19.4 Å². The molecule has 0 spiro atoms. The molecule has 1 aromatic heterocycles. The maximum atomic E-state index is 11.6. The number of nitrogens with zero attached hydrogens (tertiary/aromatic N) is 2. The summed E-state index contributed by atoms with van der Waals surface area (Å²) in [5.74, 6) is 0.335. The highest BCUT2D eigenvalue weighted by Crippen LogP contribution is 2.02. The average Bonchev–Trinajstić information content (AvgIpc) is 2.52. The van der Waals surface area contributed by atoms with Crippen molar-refractivity contribution < 1.29 is 4.79 Å². The van der Waals surface area contributed by atoms with Gasteiger partial charge in [0, 0.05) is 18.9 Å². The van der Waals surface area contributed by atoms with Gasteiger partial charge in [-0.05, 0) is 18.4 Å². The van der Waals surface area contributed by atoms with Crippen molar-refractivity contribution in [2.75, 3.05) is 12.3 Å². The molecular formula is C15H19N5O. The summed E-state index contributed by atoms with van der Waals surface area (Å²) >= 11 is 0. The van der Waals surface area contributed by atoms with E-state index in [1.165, 1.54) is 11.8 Å². The fourth-order valence-corrected chi connectivity index (χ4v) is 1.88. The summed E-state index contributed by atoms with van der Waals surface area (Å²) in [6.45, 7) is 0.890. The van der Waals surface area contributed by atoms with Gasteiger partial charge in [-0.3, -0.25) is 4.98 Å². The summed E-state index contributed by atoms with van der Waals surface area (Å²) < 4.78 is 0. The van der Waals surface area contributed by atoms with E-state index in [0.29, 0.717) is 18.1 Å². The van der Waals surface area contributed by atoms with Crippen LogP contribution in [0.2, 0.25) is 0 Å². The molecular weight excluding hydrogens is 266 g/mol. The van der Waals surface area contributed by atoms with Gasteiger partial charge in [0.05, 0.1) is 6.54 Å². The molecule has 0 radical (unpaired) electrons. The Morgan fingerprint density at radius 1 is 1.10 bits per heavy atom. The van der Waals surface area contributed by atoms with Gasteiger partial charge in [-0.2, -0.15) is 0 Å².